The number of aromatic nitrogens is 4. The number of urea groups is 1. The van der Waals surface area contributed by atoms with Gasteiger partial charge in [-0.2, -0.15) is 0 Å². The minimum atomic E-state index is -4.74. The molecule has 2 amide bonds. The Hall–Kier alpha value is -2.97. The van der Waals surface area contributed by atoms with Crippen LogP contribution in [-0.2, 0) is 23.3 Å². The van der Waals surface area contributed by atoms with Crippen LogP contribution in [0.15, 0.2) is 43.0 Å². The number of anilines is 1. The second kappa shape index (κ2) is 9.59. The molecule has 15 heteroatoms. The van der Waals surface area contributed by atoms with Crippen LogP contribution in [0.25, 0.3) is 11.2 Å². The van der Waals surface area contributed by atoms with E-state index in [1.807, 2.05) is 30.3 Å². The van der Waals surface area contributed by atoms with Gasteiger partial charge in [0.2, 0.25) is 0 Å². The van der Waals surface area contributed by atoms with E-state index in [0.29, 0.717) is 17.7 Å². The zero-order chi connectivity index (χ0) is 24.6. The highest BCUT2D eigenvalue weighted by atomic mass is 31.2. The van der Waals surface area contributed by atoms with Gasteiger partial charge in [0.15, 0.2) is 29.5 Å². The first-order valence-electron chi connectivity index (χ1n) is 10.8. The van der Waals surface area contributed by atoms with Gasteiger partial charge >= 0.3 is 13.9 Å². The molecule has 0 spiro atoms. The number of ether oxygens (including phenoxy) is 3. The number of phosphoric acid groups is 1. The summed E-state index contributed by atoms with van der Waals surface area (Å²) in [5.74, 6) is 0.210. The van der Waals surface area contributed by atoms with Crippen LogP contribution in [-0.4, -0.2) is 66.8 Å². The zero-order valence-electron chi connectivity index (χ0n) is 18.4. The number of imidazole rings is 1. The molecule has 2 aliphatic heterocycles. The Morgan fingerprint density at radius 1 is 1.14 bits per heavy atom. The highest BCUT2D eigenvalue weighted by Crippen LogP contribution is 2.46. The number of hydrogen-bond donors (Lipinski definition) is 4. The fraction of sp³-hybridized carbons (Fsp3) is 0.400. The van der Waals surface area contributed by atoms with Gasteiger partial charge in [0, 0.05) is 12.1 Å². The topological polar surface area (TPSA) is 179 Å². The van der Waals surface area contributed by atoms with Gasteiger partial charge < -0.3 is 29.3 Å². The molecule has 2 aromatic heterocycles. The van der Waals surface area contributed by atoms with Crippen LogP contribution in [0.2, 0.25) is 0 Å². The lowest BCUT2D eigenvalue weighted by atomic mass is 10.1. The number of carbonyl (C=O) groups is 1. The molecule has 4 heterocycles. The summed E-state index contributed by atoms with van der Waals surface area (Å²) >= 11 is 0. The molecule has 186 valence electrons. The van der Waals surface area contributed by atoms with Crippen molar-refractivity contribution in [3.8, 4) is 0 Å². The van der Waals surface area contributed by atoms with Gasteiger partial charge in [-0.15, -0.1) is 0 Å². The largest absolute Gasteiger partial charge is 0.469 e. The molecule has 0 bridgehead atoms. The number of rotatable bonds is 7. The van der Waals surface area contributed by atoms with E-state index in [2.05, 4.69) is 25.6 Å². The van der Waals surface area contributed by atoms with E-state index in [1.54, 1.807) is 11.5 Å². The van der Waals surface area contributed by atoms with Crippen molar-refractivity contribution >= 4 is 30.8 Å². The molecule has 0 radical (unpaired) electrons. The fourth-order valence-electron chi connectivity index (χ4n) is 4.07. The lowest BCUT2D eigenvalue weighted by molar-refractivity contribution is -0.152. The monoisotopic (exact) mass is 506 g/mol. The number of benzene rings is 1. The predicted molar refractivity (Wildman–Crippen MR) is 119 cm³/mol. The normalized spacial score (nSPS) is 26.1. The maximum Gasteiger partial charge on any atom is 0.469 e. The number of phosphoric ester groups is 1. The van der Waals surface area contributed by atoms with Crippen molar-refractivity contribution in [1.29, 1.82) is 0 Å². The molecular weight excluding hydrogens is 483 g/mol. The van der Waals surface area contributed by atoms with E-state index in [9.17, 15) is 9.36 Å². The summed E-state index contributed by atoms with van der Waals surface area (Å²) < 4.78 is 35.9. The minimum Gasteiger partial charge on any atom is -0.347 e. The molecule has 14 nitrogen and oxygen atoms in total. The number of nitrogens with zero attached hydrogens (tertiary/aromatic N) is 4. The maximum absolute atomic E-state index is 12.0. The lowest BCUT2D eigenvalue weighted by Crippen LogP contribution is -2.31. The summed E-state index contributed by atoms with van der Waals surface area (Å²) in [6.45, 7) is 1.81. The number of amides is 2. The van der Waals surface area contributed by atoms with Gasteiger partial charge in [-0.05, 0) is 6.92 Å². The molecule has 0 saturated carbocycles. The third-order valence-corrected chi connectivity index (χ3v) is 6.01. The lowest BCUT2D eigenvalue weighted by Gasteiger charge is -2.21. The van der Waals surface area contributed by atoms with Crippen LogP contribution >= 0.6 is 7.82 Å². The van der Waals surface area contributed by atoms with Gasteiger partial charge in [0.1, 0.15) is 24.6 Å². The van der Waals surface area contributed by atoms with Crippen molar-refractivity contribution in [1.82, 2.24) is 24.8 Å². The molecule has 3 aromatic rings. The van der Waals surface area contributed by atoms with Gasteiger partial charge in [0.05, 0.1) is 12.9 Å². The smallest absolute Gasteiger partial charge is 0.347 e. The van der Waals surface area contributed by atoms with Gasteiger partial charge in [-0.1, -0.05) is 30.3 Å². The Morgan fingerprint density at radius 3 is 2.66 bits per heavy atom. The van der Waals surface area contributed by atoms with Crippen LogP contribution in [0, 0.1) is 0 Å². The second-order valence-corrected chi connectivity index (χ2v) is 9.07. The Kier molecular flexibility index (Phi) is 6.51. The van der Waals surface area contributed by atoms with Gasteiger partial charge in [-0.3, -0.25) is 14.4 Å². The van der Waals surface area contributed by atoms with Crippen molar-refractivity contribution in [2.45, 2.75) is 37.8 Å². The summed E-state index contributed by atoms with van der Waals surface area (Å²) in [6.07, 6.45) is -0.983. The van der Waals surface area contributed by atoms with Crippen LogP contribution in [0.3, 0.4) is 0 Å². The minimum absolute atomic E-state index is 0.210. The molecule has 0 aliphatic carbocycles. The Balaban J connectivity index is 1.45. The Morgan fingerprint density at radius 2 is 1.91 bits per heavy atom. The summed E-state index contributed by atoms with van der Waals surface area (Å²) in [4.78, 5) is 43.0. The first kappa shape index (κ1) is 23.8. The Labute approximate surface area is 198 Å². The molecule has 4 N–H and O–H groups in total. The van der Waals surface area contributed by atoms with E-state index in [-0.39, 0.29) is 5.82 Å². The van der Waals surface area contributed by atoms with E-state index in [0.717, 1.165) is 5.56 Å². The van der Waals surface area contributed by atoms with Crippen molar-refractivity contribution < 1.29 is 37.9 Å². The number of hydrogen-bond acceptors (Lipinski definition) is 9. The molecule has 1 aromatic carbocycles. The molecule has 2 aliphatic rings. The quantitative estimate of drug-likeness (QED) is 0.341. The molecule has 2 saturated heterocycles. The van der Waals surface area contributed by atoms with Crippen LogP contribution < -0.4 is 10.6 Å². The molecule has 35 heavy (non-hydrogen) atoms. The average molecular weight is 506 g/mol. The average Bonchev–Trinajstić information content (AvgIpc) is 3.52. The van der Waals surface area contributed by atoms with E-state index < -0.39 is 51.3 Å². The zero-order valence-corrected chi connectivity index (χ0v) is 19.3. The summed E-state index contributed by atoms with van der Waals surface area (Å²) in [5, 5.41) is 5.25. The summed E-state index contributed by atoms with van der Waals surface area (Å²) in [6, 6.07) is 8.83. The standard InChI is InChI=1S/C20H23N6O8P/c1-2-21-20(27)25-16-13-17(23-9-22-16)26(10-24-13)18-15-14(12(32-18)8-31-35(28,29)30)33-19(34-15)11-6-4-3-5-7-11/h3-7,9-10,12,14-15,18-19H,2,8H2,1H3,(H2,28,29,30)(H2,21,22,23,25,27)/t12-,14-,15-,18-,19+/m1/s1. The summed E-state index contributed by atoms with van der Waals surface area (Å²) in [5.41, 5.74) is 1.47. The van der Waals surface area contributed by atoms with Crippen molar-refractivity contribution in [2.75, 3.05) is 18.5 Å². The van der Waals surface area contributed by atoms with Crippen LogP contribution in [0.5, 0.6) is 0 Å². The van der Waals surface area contributed by atoms with Crippen LogP contribution in [0.1, 0.15) is 25.0 Å². The number of fused-ring (bicyclic) bond motifs is 2. The van der Waals surface area contributed by atoms with E-state index in [1.165, 1.54) is 12.7 Å². The molecule has 0 unspecified atom stereocenters. The van der Waals surface area contributed by atoms with E-state index in [4.69, 9.17) is 28.5 Å². The van der Waals surface area contributed by atoms with Gasteiger partial charge in [0.25, 0.3) is 0 Å². The van der Waals surface area contributed by atoms with Crippen LogP contribution in [0.4, 0.5) is 10.6 Å². The second-order valence-electron chi connectivity index (χ2n) is 7.83. The highest BCUT2D eigenvalue weighted by Gasteiger charge is 2.54. The highest BCUT2D eigenvalue weighted by molar-refractivity contribution is 7.46. The molecule has 5 atom stereocenters. The number of nitrogens with one attached hydrogen (secondary N) is 2. The Bertz CT molecular complexity index is 1250. The third kappa shape index (κ3) is 4.90. The number of carbonyl (C=O) groups excluding carboxylic acids is 1. The van der Waals surface area contributed by atoms with Crippen molar-refractivity contribution in [2.24, 2.45) is 0 Å². The van der Waals surface area contributed by atoms with Crippen molar-refractivity contribution in [3.05, 3.63) is 48.5 Å². The summed E-state index contributed by atoms with van der Waals surface area (Å²) in [7, 11) is -4.74. The molecular formula is C20H23N6O8P. The molecule has 2 fully saturated rings. The maximum atomic E-state index is 12.0. The fourth-order valence-corrected chi connectivity index (χ4v) is 4.41. The van der Waals surface area contributed by atoms with Gasteiger partial charge in [-0.25, -0.2) is 24.3 Å². The first-order valence-corrected chi connectivity index (χ1v) is 12.3. The van der Waals surface area contributed by atoms with Crippen molar-refractivity contribution in [3.63, 3.8) is 0 Å². The van der Waals surface area contributed by atoms with E-state index >= 15 is 0 Å². The SMILES string of the molecule is CCNC(=O)Nc1ncnc2c1ncn2[C@@H]1O[C@H](COP(=O)(O)O)[C@H]2O[C@H](c3ccccc3)O[C@H]21. The predicted octanol–water partition coefficient (Wildman–Crippen LogP) is 1.46. The molecule has 5 rings (SSSR count). The first-order chi connectivity index (χ1) is 16.8. The third-order valence-electron chi connectivity index (χ3n) is 5.53.